The number of rotatable bonds is 13. The predicted molar refractivity (Wildman–Crippen MR) is 114 cm³/mol. The molecule has 0 bridgehead atoms. The van der Waals surface area contributed by atoms with Crippen LogP contribution in [0.4, 0.5) is 0 Å². The molecule has 1 heterocycles. The van der Waals surface area contributed by atoms with E-state index in [1.54, 1.807) is 0 Å². The molecular weight excluding hydrogens is 322 g/mol. The predicted octanol–water partition coefficient (Wildman–Crippen LogP) is 3.38. The highest BCUT2D eigenvalue weighted by molar-refractivity contribution is 5.33. The summed E-state index contributed by atoms with van der Waals surface area (Å²) in [7, 11) is 4.25. The van der Waals surface area contributed by atoms with E-state index in [-0.39, 0.29) is 0 Å². The largest absolute Gasteiger partial charge is 0.372 e. The van der Waals surface area contributed by atoms with E-state index in [1.165, 1.54) is 17.6 Å². The Kier molecular flexibility index (Phi) is 11.8. The van der Waals surface area contributed by atoms with Gasteiger partial charge >= 0.3 is 0 Å². The van der Waals surface area contributed by atoms with Gasteiger partial charge in [0.15, 0.2) is 0 Å². The summed E-state index contributed by atoms with van der Waals surface area (Å²) in [6.45, 7) is 16.7. The van der Waals surface area contributed by atoms with Gasteiger partial charge in [-0.05, 0) is 63.9 Å². The van der Waals surface area contributed by atoms with Crippen molar-refractivity contribution in [3.63, 3.8) is 0 Å². The molecule has 1 aliphatic heterocycles. The highest BCUT2D eigenvalue weighted by Crippen LogP contribution is 2.18. The van der Waals surface area contributed by atoms with E-state index < -0.39 is 0 Å². The van der Waals surface area contributed by atoms with Crippen LogP contribution in [0.1, 0.15) is 40.0 Å². The first kappa shape index (κ1) is 23.1. The molecule has 1 fully saturated rings. The molecule has 0 aromatic rings. The molecule has 0 aliphatic carbocycles. The molecule has 26 heavy (non-hydrogen) atoms. The number of ether oxygens (including phenoxy) is 1. The number of hydrogen-bond donors (Lipinski definition) is 2. The van der Waals surface area contributed by atoms with Crippen molar-refractivity contribution in [1.82, 2.24) is 15.5 Å². The van der Waals surface area contributed by atoms with Crippen LogP contribution in [0.15, 0.2) is 35.5 Å². The van der Waals surface area contributed by atoms with Crippen LogP contribution in [0.3, 0.4) is 0 Å². The maximum Gasteiger partial charge on any atom is 0.0721 e. The van der Waals surface area contributed by atoms with Gasteiger partial charge in [-0.15, -0.1) is 0 Å². The maximum absolute atomic E-state index is 5.42. The topological polar surface area (TPSA) is 36.5 Å². The summed E-state index contributed by atoms with van der Waals surface area (Å²) in [4.78, 5) is 2.44. The van der Waals surface area contributed by atoms with Crippen molar-refractivity contribution >= 4 is 0 Å². The molecular formula is C22H41N3O. The molecule has 0 amide bonds. The lowest BCUT2D eigenvalue weighted by Crippen LogP contribution is -2.37. The molecule has 1 unspecified atom stereocenters. The molecule has 0 spiro atoms. The van der Waals surface area contributed by atoms with Crippen molar-refractivity contribution in [1.29, 1.82) is 0 Å². The first-order valence-corrected chi connectivity index (χ1v) is 10.2. The zero-order chi connectivity index (χ0) is 19.4. The fourth-order valence-corrected chi connectivity index (χ4v) is 3.37. The summed E-state index contributed by atoms with van der Waals surface area (Å²) in [5.41, 5.74) is 3.89. The Labute approximate surface area is 161 Å². The van der Waals surface area contributed by atoms with Crippen LogP contribution < -0.4 is 10.6 Å². The number of allylic oxidation sites excluding steroid dienone is 2. The molecule has 4 heteroatoms. The van der Waals surface area contributed by atoms with Crippen molar-refractivity contribution in [3.8, 4) is 0 Å². The van der Waals surface area contributed by atoms with Crippen LogP contribution in [-0.4, -0.2) is 64.4 Å². The Morgan fingerprint density at radius 1 is 1.31 bits per heavy atom. The summed E-state index contributed by atoms with van der Waals surface area (Å²) in [6.07, 6.45) is 7.92. The Morgan fingerprint density at radius 2 is 2.08 bits per heavy atom. The second-order valence-electron chi connectivity index (χ2n) is 7.63. The summed E-state index contributed by atoms with van der Waals surface area (Å²) in [5.74, 6) is 0.735. The van der Waals surface area contributed by atoms with E-state index in [0.29, 0.717) is 12.6 Å². The minimum Gasteiger partial charge on any atom is -0.372 e. The quantitative estimate of drug-likeness (QED) is 0.492. The van der Waals surface area contributed by atoms with E-state index in [9.17, 15) is 0 Å². The molecule has 150 valence electrons. The number of nitrogens with one attached hydrogen (secondary N) is 2. The third-order valence-corrected chi connectivity index (χ3v) is 5.15. The lowest BCUT2D eigenvalue weighted by Gasteiger charge is -2.23. The van der Waals surface area contributed by atoms with Gasteiger partial charge in [0.25, 0.3) is 0 Å². The minimum absolute atomic E-state index is 0.427. The summed E-state index contributed by atoms with van der Waals surface area (Å²) in [6, 6.07) is 0.427. The van der Waals surface area contributed by atoms with Crippen LogP contribution in [0.2, 0.25) is 0 Å². The molecule has 0 aromatic heterocycles. The maximum atomic E-state index is 5.42. The zero-order valence-corrected chi connectivity index (χ0v) is 17.7. The van der Waals surface area contributed by atoms with Crippen molar-refractivity contribution in [2.75, 3.05) is 53.5 Å². The molecule has 1 saturated heterocycles. The Balaban J connectivity index is 2.31. The summed E-state index contributed by atoms with van der Waals surface area (Å²) >= 11 is 0. The lowest BCUT2D eigenvalue weighted by molar-refractivity contribution is 0.215. The van der Waals surface area contributed by atoms with Crippen molar-refractivity contribution < 1.29 is 4.74 Å². The van der Waals surface area contributed by atoms with Gasteiger partial charge in [-0.1, -0.05) is 38.2 Å². The number of nitrogens with zero attached hydrogens (tertiary/aromatic N) is 1. The second-order valence-corrected chi connectivity index (χ2v) is 7.63. The third-order valence-electron chi connectivity index (χ3n) is 5.15. The molecule has 0 aromatic carbocycles. The van der Waals surface area contributed by atoms with E-state index in [1.807, 2.05) is 7.05 Å². The van der Waals surface area contributed by atoms with Crippen molar-refractivity contribution in [3.05, 3.63) is 35.5 Å². The standard InChI is InChI=1S/C22H41N3O/c1-7-21(9-8-10-22-17-26-16-19(22)3)20(4)24-13-14-25(6)15-18(2)11-12-23-5/h9-10,18,20,23-24H,3,7-8,11-17H2,1-2,4-6H3/b21-9+,22-10-/t18?,20-/m0/s1. The first-order chi connectivity index (χ1) is 12.5. The Morgan fingerprint density at radius 3 is 2.69 bits per heavy atom. The molecule has 4 nitrogen and oxygen atoms in total. The molecule has 0 saturated carbocycles. The van der Waals surface area contributed by atoms with Crippen LogP contribution in [0.5, 0.6) is 0 Å². The van der Waals surface area contributed by atoms with Gasteiger partial charge in [-0.2, -0.15) is 0 Å². The van der Waals surface area contributed by atoms with Gasteiger partial charge in [0.05, 0.1) is 13.2 Å². The number of likely N-dealkylation sites (N-methyl/N-ethyl adjacent to an activating group) is 1. The van der Waals surface area contributed by atoms with Crippen LogP contribution in [0.25, 0.3) is 0 Å². The van der Waals surface area contributed by atoms with Gasteiger partial charge in [-0.3, -0.25) is 0 Å². The second kappa shape index (κ2) is 13.3. The molecule has 0 radical (unpaired) electrons. The average Bonchev–Trinajstić information content (AvgIpc) is 3.01. The van der Waals surface area contributed by atoms with Gasteiger partial charge in [0, 0.05) is 25.7 Å². The normalized spacial score (nSPS) is 19.5. The lowest BCUT2D eigenvalue weighted by atomic mass is 10.0. The van der Waals surface area contributed by atoms with E-state index >= 15 is 0 Å². The van der Waals surface area contributed by atoms with Crippen LogP contribution in [-0.2, 0) is 4.74 Å². The smallest absolute Gasteiger partial charge is 0.0721 e. The van der Waals surface area contributed by atoms with Gasteiger partial charge in [0.1, 0.15) is 0 Å². The third kappa shape index (κ3) is 9.13. The molecule has 1 aliphatic rings. The van der Waals surface area contributed by atoms with E-state index in [4.69, 9.17) is 4.74 Å². The molecule has 2 N–H and O–H groups in total. The summed E-state index contributed by atoms with van der Waals surface area (Å²) < 4.78 is 5.42. The van der Waals surface area contributed by atoms with Crippen molar-refractivity contribution in [2.24, 2.45) is 5.92 Å². The highest BCUT2D eigenvalue weighted by Gasteiger charge is 2.11. The summed E-state index contributed by atoms with van der Waals surface area (Å²) in [5, 5.41) is 6.92. The average molecular weight is 364 g/mol. The van der Waals surface area contributed by atoms with Crippen LogP contribution in [0, 0.1) is 5.92 Å². The van der Waals surface area contributed by atoms with E-state index in [2.05, 4.69) is 62.1 Å². The molecule has 1 rings (SSSR count). The molecule has 2 atom stereocenters. The number of hydrogen-bond acceptors (Lipinski definition) is 4. The van der Waals surface area contributed by atoms with Gasteiger partial charge in [0.2, 0.25) is 0 Å². The van der Waals surface area contributed by atoms with Crippen LogP contribution >= 0.6 is 0 Å². The zero-order valence-electron chi connectivity index (χ0n) is 17.7. The van der Waals surface area contributed by atoms with Gasteiger partial charge < -0.3 is 20.3 Å². The SMILES string of the molecule is C=C1COC/C1=C/C/C=C(\CC)[C@H](C)NCCN(C)CC(C)CCNC. The first-order valence-electron chi connectivity index (χ1n) is 10.2. The Hall–Kier alpha value is -0.940. The highest BCUT2D eigenvalue weighted by atomic mass is 16.5. The van der Waals surface area contributed by atoms with Gasteiger partial charge in [-0.25, -0.2) is 0 Å². The minimum atomic E-state index is 0.427. The Bertz CT molecular complexity index is 470. The monoisotopic (exact) mass is 363 g/mol. The van der Waals surface area contributed by atoms with E-state index in [0.717, 1.165) is 57.1 Å². The fourth-order valence-electron chi connectivity index (χ4n) is 3.37. The van der Waals surface area contributed by atoms with Crippen molar-refractivity contribution in [2.45, 2.75) is 46.1 Å². The fraction of sp³-hybridized carbons (Fsp3) is 0.727.